The van der Waals surface area contributed by atoms with Crippen molar-refractivity contribution in [3.05, 3.63) is 93.7 Å². The molecule has 0 atom stereocenters. The molecule has 0 bridgehead atoms. The molecule has 6 nitrogen and oxygen atoms in total. The maximum absolute atomic E-state index is 13.2. The van der Waals surface area contributed by atoms with Gasteiger partial charge in [-0.05, 0) is 42.0 Å². The van der Waals surface area contributed by atoms with Crippen molar-refractivity contribution in [1.29, 1.82) is 0 Å². The zero-order chi connectivity index (χ0) is 22.5. The van der Waals surface area contributed by atoms with E-state index in [1.54, 1.807) is 60.2 Å². The van der Waals surface area contributed by atoms with Gasteiger partial charge in [0.1, 0.15) is 5.75 Å². The van der Waals surface area contributed by atoms with E-state index in [0.717, 1.165) is 5.56 Å². The molecule has 0 saturated carbocycles. The van der Waals surface area contributed by atoms with Crippen LogP contribution in [0.2, 0.25) is 5.02 Å². The molecule has 0 unspecified atom stereocenters. The van der Waals surface area contributed by atoms with Gasteiger partial charge in [0.2, 0.25) is 5.91 Å². The second kappa shape index (κ2) is 9.89. The van der Waals surface area contributed by atoms with Gasteiger partial charge in [0.15, 0.2) is 5.16 Å². The Morgan fingerprint density at radius 2 is 1.88 bits per heavy atom. The van der Waals surface area contributed by atoms with Gasteiger partial charge in [0.25, 0.3) is 5.56 Å². The second-order valence-electron chi connectivity index (χ2n) is 7.00. The number of anilines is 1. The number of carbonyl (C=O) groups is 1. The smallest absolute Gasteiger partial charge is 0.262 e. The number of fused-ring (bicyclic) bond motifs is 1. The summed E-state index contributed by atoms with van der Waals surface area (Å²) in [7, 11) is 1.57. The number of para-hydroxylation sites is 1. The fraction of sp³-hybridized carbons (Fsp3) is 0.125. The van der Waals surface area contributed by atoms with Crippen LogP contribution in [0, 0.1) is 0 Å². The van der Waals surface area contributed by atoms with Crippen LogP contribution in [-0.2, 0) is 11.3 Å². The standard InChI is InChI=1S/C24H20ClN3O3S/c1-31-19-6-4-5-18(13-19)26-22(29)15-32-24-27-21-8-3-2-7-20(21)23(30)28(24)14-16-9-11-17(25)12-10-16/h2-13H,14-15H2,1H3,(H,26,29). The highest BCUT2D eigenvalue weighted by molar-refractivity contribution is 7.99. The number of methoxy groups -OCH3 is 1. The van der Waals surface area contributed by atoms with E-state index in [0.29, 0.717) is 39.1 Å². The number of thioether (sulfide) groups is 1. The van der Waals surface area contributed by atoms with Crippen molar-refractivity contribution in [1.82, 2.24) is 9.55 Å². The molecule has 0 fully saturated rings. The molecule has 8 heteroatoms. The van der Waals surface area contributed by atoms with Crippen LogP contribution in [0.1, 0.15) is 5.56 Å². The molecule has 4 rings (SSSR count). The van der Waals surface area contributed by atoms with Gasteiger partial charge in [-0.25, -0.2) is 4.98 Å². The molecular formula is C24H20ClN3O3S. The Labute approximate surface area is 194 Å². The number of aromatic nitrogens is 2. The van der Waals surface area contributed by atoms with Crippen molar-refractivity contribution in [2.75, 3.05) is 18.2 Å². The molecule has 3 aromatic carbocycles. The van der Waals surface area contributed by atoms with Gasteiger partial charge >= 0.3 is 0 Å². The van der Waals surface area contributed by atoms with Crippen molar-refractivity contribution >= 4 is 45.9 Å². The quantitative estimate of drug-likeness (QED) is 0.312. The number of benzene rings is 3. The maximum Gasteiger partial charge on any atom is 0.262 e. The molecular weight excluding hydrogens is 446 g/mol. The minimum absolute atomic E-state index is 0.0998. The zero-order valence-electron chi connectivity index (χ0n) is 17.2. The summed E-state index contributed by atoms with van der Waals surface area (Å²) < 4.78 is 6.78. The highest BCUT2D eigenvalue weighted by Gasteiger charge is 2.14. The Morgan fingerprint density at radius 1 is 1.09 bits per heavy atom. The number of ether oxygens (including phenoxy) is 1. The van der Waals surface area contributed by atoms with Gasteiger partial charge in [-0.3, -0.25) is 14.2 Å². The van der Waals surface area contributed by atoms with Crippen molar-refractivity contribution in [3.8, 4) is 5.75 Å². The summed E-state index contributed by atoms with van der Waals surface area (Å²) in [6.07, 6.45) is 0. The number of rotatable bonds is 7. The van der Waals surface area contributed by atoms with Crippen LogP contribution in [0.15, 0.2) is 82.7 Å². The first-order valence-electron chi connectivity index (χ1n) is 9.84. The molecule has 32 heavy (non-hydrogen) atoms. The van der Waals surface area contributed by atoms with Crippen LogP contribution in [0.4, 0.5) is 5.69 Å². The van der Waals surface area contributed by atoms with Crippen molar-refractivity contribution in [2.45, 2.75) is 11.7 Å². The molecule has 4 aromatic rings. The first-order chi connectivity index (χ1) is 15.5. The van der Waals surface area contributed by atoms with E-state index in [1.165, 1.54) is 11.8 Å². The molecule has 0 aliphatic heterocycles. The average molecular weight is 466 g/mol. The Hall–Kier alpha value is -3.29. The van der Waals surface area contributed by atoms with Crippen molar-refractivity contribution in [2.24, 2.45) is 0 Å². The molecule has 1 amide bonds. The molecule has 1 aromatic heterocycles. The summed E-state index contributed by atoms with van der Waals surface area (Å²) >= 11 is 7.21. The zero-order valence-corrected chi connectivity index (χ0v) is 18.8. The number of halogens is 1. The van der Waals surface area contributed by atoms with Gasteiger partial charge in [-0.15, -0.1) is 0 Å². The van der Waals surface area contributed by atoms with E-state index in [4.69, 9.17) is 16.3 Å². The van der Waals surface area contributed by atoms with Crippen LogP contribution < -0.4 is 15.6 Å². The second-order valence-corrected chi connectivity index (χ2v) is 8.38. The Balaban J connectivity index is 1.59. The van der Waals surface area contributed by atoms with E-state index in [1.807, 2.05) is 24.3 Å². The summed E-state index contributed by atoms with van der Waals surface area (Å²) in [5.41, 5.74) is 2.00. The summed E-state index contributed by atoms with van der Waals surface area (Å²) in [5.74, 6) is 0.551. The fourth-order valence-corrected chi connectivity index (χ4v) is 4.12. The Morgan fingerprint density at radius 3 is 2.66 bits per heavy atom. The van der Waals surface area contributed by atoms with Crippen molar-refractivity contribution < 1.29 is 9.53 Å². The molecule has 0 spiro atoms. The van der Waals surface area contributed by atoms with Gasteiger partial charge in [-0.1, -0.05) is 53.7 Å². The number of hydrogen-bond acceptors (Lipinski definition) is 5. The third-order valence-corrected chi connectivity index (χ3v) is 5.99. The third-order valence-electron chi connectivity index (χ3n) is 4.77. The largest absolute Gasteiger partial charge is 0.497 e. The maximum atomic E-state index is 13.2. The SMILES string of the molecule is COc1cccc(NC(=O)CSc2nc3ccccc3c(=O)n2Cc2ccc(Cl)cc2)c1. The Bertz CT molecular complexity index is 1320. The summed E-state index contributed by atoms with van der Waals surface area (Å²) in [5, 5.41) is 4.48. The minimum atomic E-state index is -0.205. The first-order valence-corrected chi connectivity index (χ1v) is 11.2. The lowest BCUT2D eigenvalue weighted by Crippen LogP contribution is -2.24. The predicted octanol–water partition coefficient (Wildman–Crippen LogP) is 4.84. The van der Waals surface area contributed by atoms with Gasteiger partial charge in [0.05, 0.1) is 30.3 Å². The van der Waals surface area contributed by atoms with Gasteiger partial charge < -0.3 is 10.1 Å². The van der Waals surface area contributed by atoms with E-state index in [9.17, 15) is 9.59 Å². The minimum Gasteiger partial charge on any atom is -0.497 e. The highest BCUT2D eigenvalue weighted by Crippen LogP contribution is 2.21. The number of nitrogens with one attached hydrogen (secondary N) is 1. The third kappa shape index (κ3) is 5.12. The van der Waals surface area contributed by atoms with Crippen LogP contribution in [0.25, 0.3) is 10.9 Å². The van der Waals surface area contributed by atoms with Gasteiger partial charge in [0, 0.05) is 16.8 Å². The monoisotopic (exact) mass is 465 g/mol. The summed E-state index contributed by atoms with van der Waals surface area (Å²) in [6.45, 7) is 0.327. The molecule has 1 heterocycles. The van der Waals surface area contributed by atoms with E-state index in [2.05, 4.69) is 10.3 Å². The topological polar surface area (TPSA) is 73.2 Å². The van der Waals surface area contributed by atoms with E-state index < -0.39 is 0 Å². The molecule has 0 radical (unpaired) electrons. The molecule has 0 aliphatic rings. The number of amides is 1. The van der Waals surface area contributed by atoms with Crippen LogP contribution in [0.5, 0.6) is 5.75 Å². The predicted molar refractivity (Wildman–Crippen MR) is 129 cm³/mol. The molecule has 0 saturated heterocycles. The fourth-order valence-electron chi connectivity index (χ4n) is 3.20. The number of hydrogen-bond donors (Lipinski definition) is 1. The number of carbonyl (C=O) groups excluding carboxylic acids is 1. The van der Waals surface area contributed by atoms with Crippen LogP contribution >= 0.6 is 23.4 Å². The Kier molecular flexibility index (Phi) is 6.78. The van der Waals surface area contributed by atoms with Gasteiger partial charge in [-0.2, -0.15) is 0 Å². The van der Waals surface area contributed by atoms with E-state index >= 15 is 0 Å². The lowest BCUT2D eigenvalue weighted by atomic mass is 10.2. The summed E-state index contributed by atoms with van der Waals surface area (Å²) in [4.78, 5) is 30.4. The lowest BCUT2D eigenvalue weighted by Gasteiger charge is -2.13. The molecule has 0 aliphatic carbocycles. The van der Waals surface area contributed by atoms with Crippen LogP contribution in [0.3, 0.4) is 0 Å². The molecule has 162 valence electrons. The normalized spacial score (nSPS) is 10.8. The highest BCUT2D eigenvalue weighted by atomic mass is 35.5. The van der Waals surface area contributed by atoms with E-state index in [-0.39, 0.29) is 17.2 Å². The van der Waals surface area contributed by atoms with Crippen molar-refractivity contribution in [3.63, 3.8) is 0 Å². The lowest BCUT2D eigenvalue weighted by molar-refractivity contribution is -0.113. The average Bonchev–Trinajstić information content (AvgIpc) is 2.81. The summed E-state index contributed by atoms with van der Waals surface area (Å²) in [6, 6.07) is 21.6. The first kappa shape index (κ1) is 21.9. The van der Waals surface area contributed by atoms with Crippen LogP contribution in [-0.4, -0.2) is 28.3 Å². The number of nitrogens with zero attached hydrogens (tertiary/aromatic N) is 2. The molecule has 1 N–H and O–H groups in total.